The monoisotopic (exact) mass is 359 g/mol. The van der Waals surface area contributed by atoms with E-state index in [1.807, 2.05) is 13.8 Å². The standard InChI is InChI=1S/C15H19BrFNO3/c1-9(2)20-15(19)10-4-3-5-11(8-10)21-12-6-7-13(16)18-14(12)17/h6-7,9-11H,3-5,8H2,1-2H3/t10-,11-/m0/s1. The number of aromatic nitrogens is 1. The predicted octanol–water partition coefficient (Wildman–Crippen LogP) is 3.87. The van der Waals surface area contributed by atoms with Crippen LogP contribution in [0.1, 0.15) is 39.5 Å². The van der Waals surface area contributed by atoms with Crippen molar-refractivity contribution in [3.05, 3.63) is 22.7 Å². The Balaban J connectivity index is 1.96. The highest BCUT2D eigenvalue weighted by atomic mass is 79.9. The Morgan fingerprint density at radius 3 is 2.86 bits per heavy atom. The lowest BCUT2D eigenvalue weighted by atomic mass is 9.87. The van der Waals surface area contributed by atoms with Gasteiger partial charge in [0.25, 0.3) is 5.95 Å². The summed E-state index contributed by atoms with van der Waals surface area (Å²) < 4.78 is 25.0. The van der Waals surface area contributed by atoms with Crippen molar-refractivity contribution in [1.82, 2.24) is 4.98 Å². The van der Waals surface area contributed by atoms with Crippen LogP contribution in [0.25, 0.3) is 0 Å². The molecule has 0 radical (unpaired) electrons. The number of halogens is 2. The lowest BCUT2D eigenvalue weighted by molar-refractivity contribution is -0.154. The second-order valence-electron chi connectivity index (χ2n) is 5.51. The van der Waals surface area contributed by atoms with E-state index in [1.165, 1.54) is 0 Å². The average Bonchev–Trinajstić information content (AvgIpc) is 2.41. The summed E-state index contributed by atoms with van der Waals surface area (Å²) in [5.74, 6) is -0.873. The maximum absolute atomic E-state index is 13.7. The van der Waals surface area contributed by atoms with E-state index in [1.54, 1.807) is 12.1 Å². The fourth-order valence-corrected chi connectivity index (χ4v) is 2.75. The highest BCUT2D eigenvalue weighted by Crippen LogP contribution is 2.30. The molecule has 1 aromatic rings. The first-order valence-corrected chi connectivity index (χ1v) is 7.94. The zero-order chi connectivity index (χ0) is 15.4. The van der Waals surface area contributed by atoms with Gasteiger partial charge in [0.15, 0.2) is 5.75 Å². The van der Waals surface area contributed by atoms with Gasteiger partial charge in [0, 0.05) is 0 Å². The van der Waals surface area contributed by atoms with E-state index < -0.39 is 5.95 Å². The van der Waals surface area contributed by atoms with Gasteiger partial charge >= 0.3 is 5.97 Å². The molecule has 1 aliphatic carbocycles. The fourth-order valence-electron chi connectivity index (χ4n) is 2.46. The van der Waals surface area contributed by atoms with Crippen molar-refractivity contribution in [2.24, 2.45) is 5.92 Å². The highest BCUT2D eigenvalue weighted by molar-refractivity contribution is 9.10. The van der Waals surface area contributed by atoms with Gasteiger partial charge in [-0.05, 0) is 67.6 Å². The van der Waals surface area contributed by atoms with Crippen LogP contribution in [0.15, 0.2) is 16.7 Å². The topological polar surface area (TPSA) is 48.4 Å². The summed E-state index contributed by atoms with van der Waals surface area (Å²) in [6.45, 7) is 3.66. The van der Waals surface area contributed by atoms with E-state index in [2.05, 4.69) is 20.9 Å². The van der Waals surface area contributed by atoms with E-state index in [9.17, 15) is 9.18 Å². The number of ether oxygens (including phenoxy) is 2. The molecular weight excluding hydrogens is 341 g/mol. The summed E-state index contributed by atoms with van der Waals surface area (Å²) in [7, 11) is 0. The SMILES string of the molecule is CC(C)OC(=O)[C@H]1CCC[C@H](Oc2ccc(Br)nc2F)C1. The molecule has 1 saturated carbocycles. The molecule has 1 fully saturated rings. The Hall–Kier alpha value is -1.17. The largest absolute Gasteiger partial charge is 0.486 e. The number of hydrogen-bond donors (Lipinski definition) is 0. The van der Waals surface area contributed by atoms with Crippen LogP contribution in [0.4, 0.5) is 4.39 Å². The van der Waals surface area contributed by atoms with Gasteiger partial charge in [-0.2, -0.15) is 4.39 Å². The Labute approximate surface area is 132 Å². The predicted molar refractivity (Wildman–Crippen MR) is 79.5 cm³/mol. The molecular formula is C15H19BrFNO3. The van der Waals surface area contributed by atoms with Gasteiger partial charge in [-0.1, -0.05) is 0 Å². The Bertz CT molecular complexity index is 510. The number of pyridine rings is 1. The van der Waals surface area contributed by atoms with E-state index in [4.69, 9.17) is 9.47 Å². The summed E-state index contributed by atoms with van der Waals surface area (Å²) in [6.07, 6.45) is 2.73. The van der Waals surface area contributed by atoms with Crippen LogP contribution >= 0.6 is 15.9 Å². The molecule has 2 rings (SSSR count). The zero-order valence-corrected chi connectivity index (χ0v) is 13.7. The minimum absolute atomic E-state index is 0.119. The lowest BCUT2D eigenvalue weighted by Crippen LogP contribution is -2.32. The van der Waals surface area contributed by atoms with Crippen molar-refractivity contribution < 1.29 is 18.7 Å². The minimum Gasteiger partial charge on any atom is -0.486 e. The normalized spacial score (nSPS) is 22.1. The molecule has 0 aliphatic heterocycles. The van der Waals surface area contributed by atoms with Crippen LogP contribution < -0.4 is 4.74 Å². The Morgan fingerprint density at radius 2 is 2.19 bits per heavy atom. The summed E-state index contributed by atoms with van der Waals surface area (Å²) in [5, 5.41) is 0. The molecule has 21 heavy (non-hydrogen) atoms. The Morgan fingerprint density at radius 1 is 1.43 bits per heavy atom. The van der Waals surface area contributed by atoms with E-state index in [0.29, 0.717) is 11.0 Å². The maximum Gasteiger partial charge on any atom is 0.309 e. The van der Waals surface area contributed by atoms with Crippen molar-refractivity contribution in [3.63, 3.8) is 0 Å². The Kier molecular flexibility index (Phi) is 5.56. The molecule has 0 unspecified atom stereocenters. The first kappa shape index (κ1) is 16.2. The third-order valence-corrected chi connectivity index (χ3v) is 3.83. The molecule has 1 aromatic heterocycles. The van der Waals surface area contributed by atoms with Gasteiger partial charge in [0.05, 0.1) is 18.1 Å². The van der Waals surface area contributed by atoms with E-state index in [-0.39, 0.29) is 29.8 Å². The van der Waals surface area contributed by atoms with Crippen molar-refractivity contribution >= 4 is 21.9 Å². The van der Waals surface area contributed by atoms with Crippen LogP contribution in [-0.4, -0.2) is 23.2 Å². The fraction of sp³-hybridized carbons (Fsp3) is 0.600. The molecule has 0 amide bonds. The summed E-state index contributed by atoms with van der Waals surface area (Å²) in [5.41, 5.74) is 0. The summed E-state index contributed by atoms with van der Waals surface area (Å²) >= 11 is 3.11. The molecule has 6 heteroatoms. The van der Waals surface area contributed by atoms with Crippen molar-refractivity contribution in [1.29, 1.82) is 0 Å². The van der Waals surface area contributed by atoms with Crippen LogP contribution in [-0.2, 0) is 9.53 Å². The molecule has 0 saturated heterocycles. The van der Waals surface area contributed by atoms with Gasteiger partial charge in [0.2, 0.25) is 0 Å². The van der Waals surface area contributed by atoms with Crippen LogP contribution in [0.5, 0.6) is 5.75 Å². The molecule has 4 nitrogen and oxygen atoms in total. The third-order valence-electron chi connectivity index (χ3n) is 3.39. The molecule has 0 N–H and O–H groups in total. The quantitative estimate of drug-likeness (QED) is 0.604. The van der Waals surface area contributed by atoms with E-state index in [0.717, 1.165) is 19.3 Å². The number of esters is 1. The third kappa shape index (κ3) is 4.66. The smallest absolute Gasteiger partial charge is 0.309 e. The second kappa shape index (κ2) is 7.20. The number of carbonyl (C=O) groups excluding carboxylic acids is 1. The first-order valence-electron chi connectivity index (χ1n) is 7.15. The van der Waals surface area contributed by atoms with Gasteiger partial charge < -0.3 is 9.47 Å². The number of rotatable bonds is 4. The zero-order valence-electron chi connectivity index (χ0n) is 12.1. The number of nitrogens with zero attached hydrogens (tertiary/aromatic N) is 1. The van der Waals surface area contributed by atoms with Gasteiger partial charge in [-0.15, -0.1) is 0 Å². The molecule has 1 heterocycles. The number of hydrogen-bond acceptors (Lipinski definition) is 4. The molecule has 0 spiro atoms. The maximum atomic E-state index is 13.7. The van der Waals surface area contributed by atoms with E-state index >= 15 is 0 Å². The lowest BCUT2D eigenvalue weighted by Gasteiger charge is -2.28. The van der Waals surface area contributed by atoms with Crippen molar-refractivity contribution in [2.75, 3.05) is 0 Å². The second-order valence-corrected chi connectivity index (χ2v) is 6.32. The minimum atomic E-state index is -0.642. The van der Waals surface area contributed by atoms with Crippen LogP contribution in [0, 0.1) is 11.9 Å². The molecule has 0 aromatic carbocycles. The van der Waals surface area contributed by atoms with Gasteiger partial charge in [-0.25, -0.2) is 4.98 Å². The van der Waals surface area contributed by atoms with Crippen LogP contribution in [0.2, 0.25) is 0 Å². The van der Waals surface area contributed by atoms with Crippen LogP contribution in [0.3, 0.4) is 0 Å². The summed E-state index contributed by atoms with van der Waals surface area (Å²) in [4.78, 5) is 15.6. The van der Waals surface area contributed by atoms with Gasteiger partial charge in [0.1, 0.15) is 4.60 Å². The molecule has 116 valence electrons. The number of carbonyl (C=O) groups is 1. The first-order chi connectivity index (χ1) is 9.95. The highest BCUT2D eigenvalue weighted by Gasteiger charge is 2.30. The molecule has 0 bridgehead atoms. The van der Waals surface area contributed by atoms with Crippen molar-refractivity contribution in [2.45, 2.75) is 51.7 Å². The summed E-state index contributed by atoms with van der Waals surface area (Å²) in [6, 6.07) is 3.17. The van der Waals surface area contributed by atoms with Gasteiger partial charge in [-0.3, -0.25) is 4.79 Å². The molecule has 2 atom stereocenters. The molecule has 1 aliphatic rings. The average molecular weight is 360 g/mol. The van der Waals surface area contributed by atoms with Crippen molar-refractivity contribution in [3.8, 4) is 5.75 Å².